The van der Waals surface area contributed by atoms with Gasteiger partial charge < -0.3 is 10.2 Å². The van der Waals surface area contributed by atoms with Crippen molar-refractivity contribution < 1.29 is 9.69 Å². The van der Waals surface area contributed by atoms with Crippen molar-refractivity contribution in [3.63, 3.8) is 0 Å². The van der Waals surface area contributed by atoms with Crippen LogP contribution in [-0.2, 0) is 11.2 Å². The minimum Gasteiger partial charge on any atom is -0.320 e. The van der Waals surface area contributed by atoms with E-state index in [4.69, 9.17) is 11.6 Å². The molecular formula is C20H17ClN3OS2+. The molecular weight excluding hydrogens is 398 g/mol. The topological polar surface area (TPSA) is 57.3 Å². The molecule has 0 spiro atoms. The van der Waals surface area contributed by atoms with E-state index in [0.29, 0.717) is 22.8 Å². The van der Waals surface area contributed by atoms with E-state index in [2.05, 4.69) is 40.3 Å². The minimum absolute atomic E-state index is 0.107. The Kier molecular flexibility index (Phi) is 5.28. The van der Waals surface area contributed by atoms with Crippen LogP contribution in [0, 0.1) is 11.3 Å². The number of carbonyl (C=O) groups is 1. The number of nitriles is 1. The second-order valence-corrected chi connectivity index (χ2v) is 8.85. The van der Waals surface area contributed by atoms with Gasteiger partial charge in [-0.15, -0.1) is 22.7 Å². The maximum Gasteiger partial charge on any atom is 0.279 e. The summed E-state index contributed by atoms with van der Waals surface area (Å²) in [6.07, 6.45) is 0.984. The van der Waals surface area contributed by atoms with Crippen LogP contribution in [-0.4, -0.2) is 19.0 Å². The smallest absolute Gasteiger partial charge is 0.279 e. The van der Waals surface area contributed by atoms with Crippen molar-refractivity contribution in [3.05, 3.63) is 73.1 Å². The Morgan fingerprint density at radius 3 is 2.96 bits per heavy atom. The minimum atomic E-state index is -0.107. The number of nitrogens with zero attached hydrogens (tertiary/aromatic N) is 1. The van der Waals surface area contributed by atoms with Crippen molar-refractivity contribution >= 4 is 45.9 Å². The molecule has 0 saturated carbocycles. The molecule has 0 bridgehead atoms. The summed E-state index contributed by atoms with van der Waals surface area (Å²) in [6.45, 7) is 1.25. The highest BCUT2D eigenvalue weighted by atomic mass is 35.5. The summed E-state index contributed by atoms with van der Waals surface area (Å²) < 4.78 is 0. The lowest BCUT2D eigenvalue weighted by Gasteiger charge is -2.31. The molecule has 0 radical (unpaired) electrons. The van der Waals surface area contributed by atoms with Crippen LogP contribution in [0.3, 0.4) is 0 Å². The van der Waals surface area contributed by atoms with Crippen LogP contribution >= 0.6 is 34.3 Å². The number of fused-ring (bicyclic) bond motifs is 1. The van der Waals surface area contributed by atoms with Gasteiger partial charge in [0.15, 0.2) is 6.54 Å². The van der Waals surface area contributed by atoms with Gasteiger partial charge in [-0.1, -0.05) is 17.7 Å². The maximum atomic E-state index is 12.7. The van der Waals surface area contributed by atoms with Gasteiger partial charge in [0.05, 0.1) is 22.7 Å². The molecule has 1 aliphatic rings. The molecule has 1 aliphatic heterocycles. The van der Waals surface area contributed by atoms with Crippen LogP contribution in [0.5, 0.6) is 0 Å². The SMILES string of the molecule is N#Cc1ccc(Cl)cc1NC(=O)C[NH+]1CCc2sccc2[C@H]1c1cccs1. The molecule has 2 N–H and O–H groups in total. The van der Waals surface area contributed by atoms with Gasteiger partial charge in [-0.25, -0.2) is 0 Å². The van der Waals surface area contributed by atoms with Crippen molar-refractivity contribution in [2.45, 2.75) is 12.5 Å². The molecule has 1 aromatic carbocycles. The lowest BCUT2D eigenvalue weighted by Crippen LogP contribution is -3.14. The second-order valence-electron chi connectivity index (χ2n) is 6.43. The number of nitrogens with one attached hydrogen (secondary N) is 2. The van der Waals surface area contributed by atoms with Crippen LogP contribution in [0.2, 0.25) is 5.02 Å². The highest BCUT2D eigenvalue weighted by Gasteiger charge is 2.35. The summed E-state index contributed by atoms with van der Waals surface area (Å²) in [5.41, 5.74) is 2.21. The van der Waals surface area contributed by atoms with E-state index in [1.807, 2.05) is 0 Å². The van der Waals surface area contributed by atoms with E-state index >= 15 is 0 Å². The molecule has 3 heterocycles. The largest absolute Gasteiger partial charge is 0.320 e. The maximum absolute atomic E-state index is 12.7. The van der Waals surface area contributed by atoms with Gasteiger partial charge in [0, 0.05) is 21.9 Å². The van der Waals surface area contributed by atoms with Crippen LogP contribution in [0.1, 0.15) is 26.9 Å². The number of quaternary nitrogens is 1. The zero-order valence-electron chi connectivity index (χ0n) is 14.4. The quantitative estimate of drug-likeness (QED) is 0.686. The first-order chi connectivity index (χ1) is 13.2. The molecule has 7 heteroatoms. The van der Waals surface area contributed by atoms with E-state index in [-0.39, 0.29) is 11.9 Å². The number of benzene rings is 1. The van der Waals surface area contributed by atoms with Crippen LogP contribution in [0.25, 0.3) is 0 Å². The van der Waals surface area contributed by atoms with Crippen molar-refractivity contribution in [2.75, 3.05) is 18.4 Å². The average molecular weight is 415 g/mol. The Bertz CT molecular complexity index is 1010. The van der Waals surface area contributed by atoms with E-state index in [9.17, 15) is 10.1 Å². The summed E-state index contributed by atoms with van der Waals surface area (Å²) >= 11 is 9.55. The summed E-state index contributed by atoms with van der Waals surface area (Å²) in [5, 5.41) is 16.8. The Morgan fingerprint density at radius 2 is 2.19 bits per heavy atom. The van der Waals surface area contributed by atoms with Gasteiger partial charge in [-0.3, -0.25) is 4.79 Å². The summed E-state index contributed by atoms with van der Waals surface area (Å²) in [6, 6.07) is 13.6. The second kappa shape index (κ2) is 7.83. The Balaban J connectivity index is 1.56. The number of rotatable bonds is 4. The van der Waals surface area contributed by atoms with E-state index in [0.717, 1.165) is 13.0 Å². The molecule has 2 atom stereocenters. The zero-order chi connectivity index (χ0) is 18.8. The van der Waals surface area contributed by atoms with Gasteiger partial charge in [0.2, 0.25) is 0 Å². The van der Waals surface area contributed by atoms with Crippen molar-refractivity contribution in [2.24, 2.45) is 0 Å². The fraction of sp³-hybridized carbons (Fsp3) is 0.200. The highest BCUT2D eigenvalue weighted by molar-refractivity contribution is 7.10. The van der Waals surface area contributed by atoms with Crippen LogP contribution in [0.15, 0.2) is 47.2 Å². The monoisotopic (exact) mass is 414 g/mol. The third-order valence-electron chi connectivity index (χ3n) is 4.76. The highest BCUT2D eigenvalue weighted by Crippen LogP contribution is 2.31. The van der Waals surface area contributed by atoms with Gasteiger partial charge in [0.25, 0.3) is 5.91 Å². The van der Waals surface area contributed by atoms with E-state index in [1.165, 1.54) is 20.2 Å². The zero-order valence-corrected chi connectivity index (χ0v) is 16.8. The van der Waals surface area contributed by atoms with Gasteiger partial charge in [0.1, 0.15) is 12.1 Å². The van der Waals surface area contributed by atoms with Crippen molar-refractivity contribution in [1.82, 2.24) is 0 Å². The number of carbonyl (C=O) groups excluding carboxylic acids is 1. The third kappa shape index (κ3) is 3.78. The molecule has 27 heavy (non-hydrogen) atoms. The molecule has 0 saturated heterocycles. The predicted molar refractivity (Wildman–Crippen MR) is 110 cm³/mol. The summed E-state index contributed by atoms with van der Waals surface area (Å²) in [7, 11) is 0. The molecule has 1 unspecified atom stereocenters. The molecule has 4 nitrogen and oxygen atoms in total. The number of hydrogen-bond acceptors (Lipinski definition) is 4. The lowest BCUT2D eigenvalue weighted by atomic mass is 9.98. The molecule has 0 aliphatic carbocycles. The van der Waals surface area contributed by atoms with Gasteiger partial charge >= 0.3 is 0 Å². The fourth-order valence-electron chi connectivity index (χ4n) is 3.57. The van der Waals surface area contributed by atoms with E-state index in [1.54, 1.807) is 40.9 Å². The summed E-state index contributed by atoms with van der Waals surface area (Å²) in [5.74, 6) is -0.107. The predicted octanol–water partition coefficient (Wildman–Crippen LogP) is 3.50. The number of thiophene rings is 2. The Hall–Kier alpha value is -2.17. The number of amides is 1. The molecule has 136 valence electrons. The lowest BCUT2D eigenvalue weighted by molar-refractivity contribution is -0.919. The third-order valence-corrected chi connectivity index (χ3v) is 6.93. The standard InChI is InChI=1S/C20H16ClN3OS2/c21-14-4-3-13(11-22)16(10-14)23-19(25)12-24-7-5-17-15(6-9-27-17)20(24)18-2-1-8-26-18/h1-4,6,8-10,20H,5,7,12H2,(H,23,25)/p+1/t20-/m0/s1. The van der Waals surface area contributed by atoms with Crippen LogP contribution < -0.4 is 10.2 Å². The first-order valence-electron chi connectivity index (χ1n) is 8.59. The average Bonchev–Trinajstić information content (AvgIpc) is 3.33. The number of halogens is 1. The van der Waals surface area contributed by atoms with Crippen LogP contribution in [0.4, 0.5) is 5.69 Å². The van der Waals surface area contributed by atoms with Crippen molar-refractivity contribution in [3.8, 4) is 6.07 Å². The van der Waals surface area contributed by atoms with Gasteiger partial charge in [-0.2, -0.15) is 5.26 Å². The first kappa shape index (κ1) is 18.2. The Morgan fingerprint density at radius 1 is 1.30 bits per heavy atom. The van der Waals surface area contributed by atoms with E-state index < -0.39 is 0 Å². The van der Waals surface area contributed by atoms with Crippen molar-refractivity contribution in [1.29, 1.82) is 5.26 Å². The fourth-order valence-corrected chi connectivity index (χ4v) is 5.56. The normalized spacial score (nSPS) is 18.5. The Labute approximate surface area is 170 Å². The molecule has 4 rings (SSSR count). The first-order valence-corrected chi connectivity index (χ1v) is 10.7. The van der Waals surface area contributed by atoms with Gasteiger partial charge in [-0.05, 0) is 41.1 Å². The molecule has 0 fully saturated rings. The number of anilines is 1. The summed E-state index contributed by atoms with van der Waals surface area (Å²) in [4.78, 5) is 16.7. The molecule has 3 aromatic rings. The number of hydrogen-bond donors (Lipinski definition) is 2. The molecule has 1 amide bonds. The molecule has 2 aromatic heterocycles.